The molecule has 1 unspecified atom stereocenters. The van der Waals surface area contributed by atoms with Crippen molar-refractivity contribution in [3.05, 3.63) is 17.5 Å². The molecular weight excluding hydrogens is 224 g/mol. The summed E-state index contributed by atoms with van der Waals surface area (Å²) in [5.74, 6) is 0.474. The molecule has 1 aromatic rings. The van der Waals surface area contributed by atoms with E-state index in [1.54, 1.807) is 0 Å². The van der Waals surface area contributed by atoms with E-state index < -0.39 is 0 Å². The van der Waals surface area contributed by atoms with Crippen LogP contribution in [0.2, 0.25) is 0 Å². The number of amides is 2. The summed E-state index contributed by atoms with van der Waals surface area (Å²) in [7, 11) is 0. The van der Waals surface area contributed by atoms with Gasteiger partial charge < -0.3 is 10.4 Å². The molecule has 5 heteroatoms. The van der Waals surface area contributed by atoms with Gasteiger partial charge in [-0.3, -0.25) is 5.32 Å². The predicted molar refractivity (Wildman–Crippen MR) is 64.7 cm³/mol. The van der Waals surface area contributed by atoms with Crippen LogP contribution < -0.4 is 10.6 Å². The molecule has 88 valence electrons. The van der Waals surface area contributed by atoms with Gasteiger partial charge in [0.1, 0.15) is 0 Å². The molecule has 0 aromatic carbocycles. The molecule has 1 heterocycles. The Morgan fingerprint density at radius 3 is 3.06 bits per heavy atom. The lowest BCUT2D eigenvalue weighted by molar-refractivity contribution is 0.142. The maximum absolute atomic E-state index is 11.4. The molecule has 1 saturated carbocycles. The molecule has 3 N–H and O–H groups in total. The van der Waals surface area contributed by atoms with Crippen LogP contribution >= 0.6 is 11.3 Å². The third kappa shape index (κ3) is 3.50. The SMILES string of the molecule is O=C(NCCC(O)C1CC1)Nc1cccs1. The summed E-state index contributed by atoms with van der Waals surface area (Å²) in [6.07, 6.45) is 2.65. The largest absolute Gasteiger partial charge is 0.393 e. The zero-order valence-electron chi connectivity index (χ0n) is 8.98. The Morgan fingerprint density at radius 2 is 2.44 bits per heavy atom. The summed E-state index contributed by atoms with van der Waals surface area (Å²) in [4.78, 5) is 11.4. The van der Waals surface area contributed by atoms with Crippen molar-refractivity contribution in [3.8, 4) is 0 Å². The van der Waals surface area contributed by atoms with E-state index in [0.29, 0.717) is 18.9 Å². The summed E-state index contributed by atoms with van der Waals surface area (Å²) >= 11 is 1.48. The van der Waals surface area contributed by atoms with Crippen LogP contribution in [0.25, 0.3) is 0 Å². The Labute approximate surface area is 98.7 Å². The third-order valence-electron chi connectivity index (χ3n) is 2.65. The summed E-state index contributed by atoms with van der Waals surface area (Å²) in [5, 5.41) is 17.8. The average molecular weight is 240 g/mol. The van der Waals surface area contributed by atoms with Crippen molar-refractivity contribution >= 4 is 22.4 Å². The fraction of sp³-hybridized carbons (Fsp3) is 0.545. The van der Waals surface area contributed by atoms with Crippen LogP contribution in [-0.4, -0.2) is 23.8 Å². The van der Waals surface area contributed by atoms with Crippen LogP contribution in [0.15, 0.2) is 17.5 Å². The van der Waals surface area contributed by atoms with Crippen LogP contribution in [0.3, 0.4) is 0 Å². The van der Waals surface area contributed by atoms with E-state index >= 15 is 0 Å². The number of hydrogen-bond donors (Lipinski definition) is 3. The molecule has 4 nitrogen and oxygen atoms in total. The van der Waals surface area contributed by atoms with Gasteiger partial charge in [0, 0.05) is 6.54 Å². The van der Waals surface area contributed by atoms with Gasteiger partial charge in [-0.05, 0) is 42.7 Å². The Balaban J connectivity index is 1.60. The molecule has 0 radical (unpaired) electrons. The maximum atomic E-state index is 11.4. The number of aliphatic hydroxyl groups is 1. The van der Waals surface area contributed by atoms with Crippen molar-refractivity contribution in [3.63, 3.8) is 0 Å². The molecule has 1 atom stereocenters. The Morgan fingerprint density at radius 1 is 1.62 bits per heavy atom. The van der Waals surface area contributed by atoms with Crippen LogP contribution in [0.4, 0.5) is 9.80 Å². The molecule has 2 amide bonds. The number of hydrogen-bond acceptors (Lipinski definition) is 3. The maximum Gasteiger partial charge on any atom is 0.319 e. The lowest BCUT2D eigenvalue weighted by Gasteiger charge is -2.10. The fourth-order valence-corrected chi connectivity index (χ4v) is 2.17. The minimum Gasteiger partial charge on any atom is -0.393 e. The topological polar surface area (TPSA) is 61.4 Å². The van der Waals surface area contributed by atoms with E-state index in [9.17, 15) is 9.90 Å². The van der Waals surface area contributed by atoms with E-state index in [1.165, 1.54) is 11.3 Å². The number of carbonyl (C=O) groups excluding carboxylic acids is 1. The summed E-state index contributed by atoms with van der Waals surface area (Å²) in [5.41, 5.74) is 0. The molecule has 0 aliphatic heterocycles. The Kier molecular flexibility index (Phi) is 3.79. The van der Waals surface area contributed by atoms with Crippen LogP contribution in [0.1, 0.15) is 19.3 Å². The number of thiophene rings is 1. The highest BCUT2D eigenvalue weighted by atomic mass is 32.1. The highest BCUT2D eigenvalue weighted by Crippen LogP contribution is 2.33. The third-order valence-corrected chi connectivity index (χ3v) is 3.44. The lowest BCUT2D eigenvalue weighted by atomic mass is 10.2. The normalized spacial score (nSPS) is 16.8. The van der Waals surface area contributed by atoms with Gasteiger partial charge >= 0.3 is 6.03 Å². The van der Waals surface area contributed by atoms with Gasteiger partial charge in [0.2, 0.25) is 0 Å². The highest BCUT2D eigenvalue weighted by Gasteiger charge is 2.29. The van der Waals surface area contributed by atoms with Crippen molar-refractivity contribution in [1.82, 2.24) is 5.32 Å². The van der Waals surface area contributed by atoms with Gasteiger partial charge in [0.05, 0.1) is 11.1 Å². The zero-order valence-corrected chi connectivity index (χ0v) is 9.80. The van der Waals surface area contributed by atoms with E-state index in [2.05, 4.69) is 10.6 Å². The fourth-order valence-electron chi connectivity index (χ4n) is 1.56. The molecule has 0 saturated heterocycles. The molecule has 2 rings (SSSR count). The number of rotatable bonds is 5. The second-order valence-corrected chi connectivity index (χ2v) is 5.00. The van der Waals surface area contributed by atoms with Crippen molar-refractivity contribution in [2.45, 2.75) is 25.4 Å². The number of carbonyl (C=O) groups is 1. The zero-order chi connectivity index (χ0) is 11.4. The van der Waals surface area contributed by atoms with Crippen molar-refractivity contribution < 1.29 is 9.90 Å². The molecule has 1 aliphatic rings. The summed E-state index contributed by atoms with van der Waals surface area (Å²) in [6.45, 7) is 0.523. The first-order chi connectivity index (χ1) is 7.75. The van der Waals surface area contributed by atoms with Crippen molar-refractivity contribution in [2.24, 2.45) is 5.92 Å². The lowest BCUT2D eigenvalue weighted by Crippen LogP contribution is -2.31. The molecule has 0 bridgehead atoms. The Hall–Kier alpha value is -1.07. The van der Waals surface area contributed by atoms with Gasteiger partial charge in [0.15, 0.2) is 0 Å². The molecule has 1 aromatic heterocycles. The summed E-state index contributed by atoms with van der Waals surface area (Å²) in [6, 6.07) is 3.53. The standard InChI is InChI=1S/C11H16N2O2S/c14-9(8-3-4-8)5-6-12-11(15)13-10-2-1-7-16-10/h1-2,7-9,14H,3-6H2,(H2,12,13,15). The Bertz CT molecular complexity index is 336. The van der Waals surface area contributed by atoms with E-state index in [0.717, 1.165) is 17.8 Å². The smallest absolute Gasteiger partial charge is 0.319 e. The van der Waals surface area contributed by atoms with E-state index in [1.807, 2.05) is 17.5 Å². The first kappa shape index (κ1) is 11.4. The monoisotopic (exact) mass is 240 g/mol. The molecular formula is C11H16N2O2S. The van der Waals surface area contributed by atoms with Gasteiger partial charge in [-0.1, -0.05) is 0 Å². The first-order valence-corrected chi connectivity index (χ1v) is 6.40. The quantitative estimate of drug-likeness (QED) is 0.737. The predicted octanol–water partition coefficient (Wildman–Crippen LogP) is 2.03. The molecule has 0 spiro atoms. The first-order valence-electron chi connectivity index (χ1n) is 5.52. The molecule has 1 fully saturated rings. The number of aliphatic hydroxyl groups excluding tert-OH is 1. The van der Waals surface area contributed by atoms with Crippen LogP contribution in [-0.2, 0) is 0 Å². The molecule has 1 aliphatic carbocycles. The van der Waals surface area contributed by atoms with Crippen LogP contribution in [0, 0.1) is 5.92 Å². The van der Waals surface area contributed by atoms with Gasteiger partial charge in [0.25, 0.3) is 0 Å². The highest BCUT2D eigenvalue weighted by molar-refractivity contribution is 7.14. The number of anilines is 1. The van der Waals surface area contributed by atoms with E-state index in [4.69, 9.17) is 0 Å². The minimum atomic E-state index is -0.248. The van der Waals surface area contributed by atoms with E-state index in [-0.39, 0.29) is 12.1 Å². The average Bonchev–Trinajstić information content (AvgIpc) is 2.99. The second kappa shape index (κ2) is 5.32. The van der Waals surface area contributed by atoms with Gasteiger partial charge in [-0.2, -0.15) is 0 Å². The summed E-state index contributed by atoms with van der Waals surface area (Å²) < 4.78 is 0. The van der Waals surface area contributed by atoms with Gasteiger partial charge in [-0.25, -0.2) is 4.79 Å². The number of urea groups is 1. The number of nitrogens with one attached hydrogen (secondary N) is 2. The molecule has 16 heavy (non-hydrogen) atoms. The van der Waals surface area contributed by atoms with Gasteiger partial charge in [-0.15, -0.1) is 11.3 Å². The minimum absolute atomic E-state index is 0.203. The van der Waals surface area contributed by atoms with Crippen molar-refractivity contribution in [2.75, 3.05) is 11.9 Å². The second-order valence-electron chi connectivity index (χ2n) is 4.05. The van der Waals surface area contributed by atoms with Crippen LogP contribution in [0.5, 0.6) is 0 Å². The van der Waals surface area contributed by atoms with Crippen molar-refractivity contribution in [1.29, 1.82) is 0 Å².